The van der Waals surface area contributed by atoms with Gasteiger partial charge in [-0.3, -0.25) is 9.69 Å². The fourth-order valence-corrected chi connectivity index (χ4v) is 4.79. The fraction of sp³-hybridized carbons (Fsp3) is 0.435. The van der Waals surface area contributed by atoms with E-state index in [4.69, 9.17) is 9.47 Å². The second kappa shape index (κ2) is 9.06. The van der Waals surface area contributed by atoms with E-state index >= 15 is 0 Å². The largest absolute Gasteiger partial charge is 0.497 e. The molecule has 2 saturated heterocycles. The third-order valence-electron chi connectivity index (χ3n) is 6.03. The van der Waals surface area contributed by atoms with Crippen LogP contribution in [-0.4, -0.2) is 56.1 Å². The smallest absolute Gasteiger partial charge is 0.254 e. The standard InChI is InChI=1S/C23H28N2O3.ClH/c1-4-28-20-7-5-6-17(12-20)23(26)25-14-18-13-24(2)22(21(18)15-25)16-8-10-19(27-3)11-9-16;/h5-12,18,21-22H,4,13-15H2,1-3H3;1H/t18-,21+,22-;/m0./s1. The van der Waals surface area contributed by atoms with Crippen molar-refractivity contribution in [2.75, 3.05) is 40.4 Å². The first-order valence-electron chi connectivity index (χ1n) is 9.97. The number of hydrogen-bond donors (Lipinski definition) is 0. The van der Waals surface area contributed by atoms with Crippen LogP contribution in [0, 0.1) is 11.8 Å². The Balaban J connectivity index is 0.00000240. The molecule has 0 bridgehead atoms. The molecule has 3 atom stereocenters. The van der Waals surface area contributed by atoms with Crippen molar-refractivity contribution >= 4 is 18.3 Å². The predicted octanol–water partition coefficient (Wildman–Crippen LogP) is 3.89. The van der Waals surface area contributed by atoms with Gasteiger partial charge in [0, 0.05) is 37.2 Å². The highest BCUT2D eigenvalue weighted by Gasteiger charge is 2.47. The number of carbonyl (C=O) groups is 1. The van der Waals surface area contributed by atoms with Crippen molar-refractivity contribution in [1.29, 1.82) is 0 Å². The fourth-order valence-electron chi connectivity index (χ4n) is 4.79. The third-order valence-corrected chi connectivity index (χ3v) is 6.03. The number of nitrogens with zero attached hydrogens (tertiary/aromatic N) is 2. The Labute approximate surface area is 179 Å². The number of amides is 1. The molecule has 6 heteroatoms. The molecule has 2 heterocycles. The number of fused-ring (bicyclic) bond motifs is 1. The van der Waals surface area contributed by atoms with Gasteiger partial charge in [-0.2, -0.15) is 0 Å². The summed E-state index contributed by atoms with van der Waals surface area (Å²) in [4.78, 5) is 17.5. The predicted molar refractivity (Wildman–Crippen MR) is 116 cm³/mol. The number of ether oxygens (including phenoxy) is 2. The molecule has 4 rings (SSSR count). The Morgan fingerprint density at radius 2 is 1.83 bits per heavy atom. The molecule has 0 aromatic heterocycles. The second-order valence-electron chi connectivity index (χ2n) is 7.75. The third kappa shape index (κ3) is 4.21. The molecule has 2 aliphatic rings. The summed E-state index contributed by atoms with van der Waals surface area (Å²) >= 11 is 0. The van der Waals surface area contributed by atoms with Gasteiger partial charge in [-0.05, 0) is 55.8 Å². The molecule has 2 aromatic rings. The summed E-state index contributed by atoms with van der Waals surface area (Å²) in [5, 5.41) is 0. The Kier molecular flexibility index (Phi) is 6.70. The summed E-state index contributed by atoms with van der Waals surface area (Å²) in [6.07, 6.45) is 0. The lowest BCUT2D eigenvalue weighted by Crippen LogP contribution is -2.33. The van der Waals surface area contributed by atoms with Gasteiger partial charge in [0.15, 0.2) is 0 Å². The lowest BCUT2D eigenvalue weighted by molar-refractivity contribution is 0.0767. The molecular formula is C23H29ClN2O3. The monoisotopic (exact) mass is 416 g/mol. The van der Waals surface area contributed by atoms with Gasteiger partial charge in [0.05, 0.1) is 13.7 Å². The average Bonchev–Trinajstić information content (AvgIpc) is 3.24. The molecule has 5 nitrogen and oxygen atoms in total. The molecule has 2 aromatic carbocycles. The number of hydrogen-bond acceptors (Lipinski definition) is 4. The number of rotatable bonds is 5. The van der Waals surface area contributed by atoms with Crippen molar-refractivity contribution in [1.82, 2.24) is 9.80 Å². The van der Waals surface area contributed by atoms with E-state index in [-0.39, 0.29) is 18.3 Å². The molecule has 0 N–H and O–H groups in total. The zero-order valence-electron chi connectivity index (χ0n) is 17.2. The summed E-state index contributed by atoms with van der Waals surface area (Å²) in [5.41, 5.74) is 2.00. The van der Waals surface area contributed by atoms with Crippen LogP contribution in [0.25, 0.3) is 0 Å². The lowest BCUT2D eigenvalue weighted by atomic mass is 9.89. The summed E-state index contributed by atoms with van der Waals surface area (Å²) < 4.78 is 10.8. The minimum absolute atomic E-state index is 0. The van der Waals surface area contributed by atoms with Crippen LogP contribution >= 0.6 is 12.4 Å². The highest BCUT2D eigenvalue weighted by atomic mass is 35.5. The molecule has 2 aliphatic heterocycles. The normalized spacial score (nSPS) is 23.4. The lowest BCUT2D eigenvalue weighted by Gasteiger charge is -2.27. The molecule has 0 spiro atoms. The first-order chi connectivity index (χ1) is 13.6. The summed E-state index contributed by atoms with van der Waals surface area (Å²) in [6, 6.07) is 16.2. The van der Waals surface area contributed by atoms with Gasteiger partial charge >= 0.3 is 0 Å². The van der Waals surface area contributed by atoms with Crippen LogP contribution in [-0.2, 0) is 0 Å². The van der Waals surface area contributed by atoms with E-state index in [2.05, 4.69) is 24.1 Å². The van der Waals surface area contributed by atoms with Gasteiger partial charge < -0.3 is 14.4 Å². The van der Waals surface area contributed by atoms with Crippen molar-refractivity contribution in [3.05, 3.63) is 59.7 Å². The van der Waals surface area contributed by atoms with Crippen molar-refractivity contribution in [3.63, 3.8) is 0 Å². The maximum atomic E-state index is 13.1. The Morgan fingerprint density at radius 1 is 1.07 bits per heavy atom. The van der Waals surface area contributed by atoms with Gasteiger partial charge in [0.1, 0.15) is 11.5 Å². The maximum absolute atomic E-state index is 13.1. The SMILES string of the molecule is CCOc1cccc(C(=O)N2C[C@@H]3CN(C)[C@@H](c4ccc(OC)cc4)[C@@H]3C2)c1.Cl. The Bertz CT molecular complexity index is 842. The zero-order chi connectivity index (χ0) is 19.7. The van der Waals surface area contributed by atoms with Crippen molar-refractivity contribution in [2.45, 2.75) is 13.0 Å². The minimum Gasteiger partial charge on any atom is -0.497 e. The number of benzene rings is 2. The van der Waals surface area contributed by atoms with E-state index < -0.39 is 0 Å². The molecule has 0 radical (unpaired) electrons. The van der Waals surface area contributed by atoms with Crippen LogP contribution in [0.2, 0.25) is 0 Å². The van der Waals surface area contributed by atoms with Crippen LogP contribution in [0.15, 0.2) is 48.5 Å². The number of halogens is 1. The summed E-state index contributed by atoms with van der Waals surface area (Å²) in [6.45, 7) is 5.18. The van der Waals surface area contributed by atoms with Crippen molar-refractivity contribution in [2.24, 2.45) is 11.8 Å². The van der Waals surface area contributed by atoms with Crippen molar-refractivity contribution < 1.29 is 14.3 Å². The van der Waals surface area contributed by atoms with E-state index in [1.54, 1.807) is 7.11 Å². The quantitative estimate of drug-likeness (QED) is 0.741. The van der Waals surface area contributed by atoms with Crippen LogP contribution < -0.4 is 9.47 Å². The van der Waals surface area contributed by atoms with Crippen LogP contribution in [0.4, 0.5) is 0 Å². The van der Waals surface area contributed by atoms with Gasteiger partial charge in [0.25, 0.3) is 5.91 Å². The van der Waals surface area contributed by atoms with Crippen LogP contribution in [0.1, 0.15) is 28.9 Å². The number of carbonyl (C=O) groups excluding carboxylic acids is 1. The Morgan fingerprint density at radius 3 is 2.52 bits per heavy atom. The number of methoxy groups -OCH3 is 1. The highest BCUT2D eigenvalue weighted by molar-refractivity contribution is 5.94. The first-order valence-corrected chi connectivity index (χ1v) is 9.97. The van der Waals surface area contributed by atoms with E-state index in [9.17, 15) is 4.79 Å². The molecular weight excluding hydrogens is 388 g/mol. The van der Waals surface area contributed by atoms with Crippen LogP contribution in [0.3, 0.4) is 0 Å². The first kappa shape index (κ1) is 21.5. The second-order valence-corrected chi connectivity index (χ2v) is 7.75. The number of likely N-dealkylation sites (tertiary alicyclic amines) is 2. The van der Waals surface area contributed by atoms with E-state index in [1.807, 2.05) is 48.2 Å². The summed E-state index contributed by atoms with van der Waals surface area (Å²) in [5.74, 6) is 2.70. The van der Waals surface area contributed by atoms with Gasteiger partial charge in [-0.15, -0.1) is 12.4 Å². The van der Waals surface area contributed by atoms with E-state index in [0.29, 0.717) is 30.0 Å². The van der Waals surface area contributed by atoms with Gasteiger partial charge in [-0.25, -0.2) is 0 Å². The molecule has 29 heavy (non-hydrogen) atoms. The minimum atomic E-state index is 0. The molecule has 156 valence electrons. The molecule has 0 saturated carbocycles. The molecule has 0 aliphatic carbocycles. The molecule has 2 fully saturated rings. The maximum Gasteiger partial charge on any atom is 0.254 e. The van der Waals surface area contributed by atoms with Crippen molar-refractivity contribution in [3.8, 4) is 11.5 Å². The van der Waals surface area contributed by atoms with Crippen LogP contribution in [0.5, 0.6) is 11.5 Å². The summed E-state index contributed by atoms with van der Waals surface area (Å²) in [7, 11) is 3.87. The molecule has 0 unspecified atom stereocenters. The topological polar surface area (TPSA) is 42.0 Å². The highest BCUT2D eigenvalue weighted by Crippen LogP contribution is 2.44. The zero-order valence-corrected chi connectivity index (χ0v) is 18.0. The van der Waals surface area contributed by atoms with E-state index in [1.165, 1.54) is 5.56 Å². The van der Waals surface area contributed by atoms with Gasteiger partial charge in [-0.1, -0.05) is 18.2 Å². The van der Waals surface area contributed by atoms with E-state index in [0.717, 1.165) is 31.1 Å². The van der Waals surface area contributed by atoms with Gasteiger partial charge in [0.2, 0.25) is 0 Å². The Hall–Kier alpha value is -2.24. The molecule has 1 amide bonds. The average molecular weight is 417 g/mol.